The zero-order valence-electron chi connectivity index (χ0n) is 62.2. The van der Waals surface area contributed by atoms with E-state index >= 15 is 0 Å². The molecule has 61 nitrogen and oxygen atoms in total. The molecular weight excluding hydrogens is 1640 g/mol. The van der Waals surface area contributed by atoms with Crippen LogP contribution in [0.25, 0.3) is 0 Å². The lowest BCUT2D eigenvalue weighted by atomic mass is 10.0. The molecule has 0 aliphatic carbocycles. The molecule has 0 aromatic rings. The fourth-order valence-electron chi connectivity index (χ4n) is 8.18. The average molecular weight is 1730 g/mol. The second kappa shape index (κ2) is 89.3. The molecule has 0 saturated heterocycles. The predicted octanol–water partition coefficient (Wildman–Crippen LogP) is 6.89. The Balaban J connectivity index is 3.80. The highest BCUT2D eigenvalue weighted by Gasteiger charge is 2.22. The lowest BCUT2D eigenvalue weighted by Gasteiger charge is -2.25. The second-order valence-electron chi connectivity index (χ2n) is 21.6. The molecule has 0 spiro atoms. The number of ether oxygens (including phenoxy) is 3. The molecule has 0 aliphatic heterocycles. The Kier molecular flexibility index (Phi) is 85.1. The number of alkyl carbamates (subject to hydrolysis) is 1. The second-order valence-corrected chi connectivity index (χ2v) is 23.0. The Hall–Kier alpha value is -5.45. The van der Waals surface area contributed by atoms with Crippen LogP contribution in [0.4, 0.5) is 4.79 Å². The topological polar surface area (TPSA) is 654 Å². The third-order valence-corrected chi connectivity index (χ3v) is 14.0. The molecule has 0 aliphatic rings. The molecule has 0 rings (SSSR count). The van der Waals surface area contributed by atoms with E-state index in [1.165, 1.54) is 128 Å². The fraction of sp³-hybridized carbons (Fsp3) is 0.849. The first-order valence-electron chi connectivity index (χ1n) is 34.9. The van der Waals surface area contributed by atoms with E-state index in [2.05, 4.69) is 251 Å². The maximum absolute atomic E-state index is 12.8. The van der Waals surface area contributed by atoms with Crippen LogP contribution in [0.5, 0.6) is 0 Å². The number of phosphoric ester groups is 1. The van der Waals surface area contributed by atoms with Crippen LogP contribution in [-0.2, 0) is 273 Å². The summed E-state index contributed by atoms with van der Waals surface area (Å²) in [6.07, 6.45) is 34.0. The van der Waals surface area contributed by atoms with Crippen LogP contribution in [0.1, 0.15) is 239 Å². The minimum atomic E-state index is -5.02. The van der Waals surface area contributed by atoms with Crippen molar-refractivity contribution in [2.45, 2.75) is 251 Å². The number of nitrogens with one attached hydrogen (secondary N) is 3. The van der Waals surface area contributed by atoms with Crippen LogP contribution in [0.15, 0.2) is 12.5 Å². The highest BCUT2D eigenvalue weighted by Crippen LogP contribution is 2.38. The minimum absolute atomic E-state index is 0.0884. The maximum atomic E-state index is 12.8. The summed E-state index contributed by atoms with van der Waals surface area (Å²) in [5.74, 6) is -3.99. The number of rotatable bonds is 95. The molecule has 115 heavy (non-hydrogen) atoms. The SMILES string of the molecule is CCCCCCCCCCCCCCCCCC(=O)OCC(COP(=O)([O-])OCCNC(=O)OCCOOOOOOOOOOOOOOOOOOOOOOOOOOOOOOOOOOOOOOOOOOOO/C=C\NC(=O)CC[C@H](NC(C)=O)C(=O)[O-])OC(=O)CCCCCCCCCCCCCCCCC. The number of amides is 3. The van der Waals surface area contributed by atoms with Gasteiger partial charge in [0.15, 0.2) is 6.10 Å². The number of carboxylic acid groups (broad SMARTS) is 1. The van der Waals surface area contributed by atoms with Crippen LogP contribution in [0, 0.1) is 0 Å². The van der Waals surface area contributed by atoms with Crippen LogP contribution in [0.3, 0.4) is 0 Å². The molecule has 0 heterocycles. The van der Waals surface area contributed by atoms with Gasteiger partial charge in [0.1, 0.15) is 26.1 Å². The summed E-state index contributed by atoms with van der Waals surface area (Å²) in [6.45, 7) is 2.53. The molecule has 0 radical (unpaired) electrons. The normalized spacial score (nSPS) is 12.6. The Morgan fingerprint density at radius 3 is 1.03 bits per heavy atom. The monoisotopic (exact) mass is 1730 g/mol. The number of phosphoric acid groups is 1. The summed E-state index contributed by atoms with van der Waals surface area (Å²) >= 11 is 0. The average Bonchev–Trinajstić information content (AvgIpc) is 0.906. The van der Waals surface area contributed by atoms with Gasteiger partial charge >= 0.3 is 18.0 Å². The minimum Gasteiger partial charge on any atom is -0.756 e. The highest BCUT2D eigenvalue weighted by molar-refractivity contribution is 7.45. The van der Waals surface area contributed by atoms with Crippen LogP contribution in [-0.4, -0.2) is 87.5 Å². The lowest BCUT2D eigenvalue weighted by Crippen LogP contribution is -2.47. The van der Waals surface area contributed by atoms with Crippen LogP contribution >= 0.6 is 7.82 Å². The number of carbonyl (C=O) groups excluding carboxylic acids is 6. The van der Waals surface area contributed by atoms with Gasteiger partial charge in [-0.15, -0.1) is 0 Å². The quantitative estimate of drug-likeness (QED) is 0.0106. The first-order chi connectivity index (χ1) is 56.3. The number of hydrogen-bond donors (Lipinski definition) is 3. The molecule has 3 N–H and O–H groups in total. The molecule has 3 amide bonds. The van der Waals surface area contributed by atoms with E-state index in [4.69, 9.17) is 23.3 Å². The Morgan fingerprint density at radius 1 is 0.365 bits per heavy atom. The third kappa shape index (κ3) is 89.2. The fourth-order valence-corrected chi connectivity index (χ4v) is 8.92. The summed E-state index contributed by atoms with van der Waals surface area (Å²) in [6, 6.07) is -1.38. The molecule has 2 unspecified atom stereocenters. The molecule has 0 aromatic heterocycles. The first kappa shape index (κ1) is 110. The van der Waals surface area contributed by atoms with E-state index < -0.39 is 88.8 Å². The lowest BCUT2D eigenvalue weighted by molar-refractivity contribution is -0.909. The van der Waals surface area contributed by atoms with Crippen molar-refractivity contribution in [1.29, 1.82) is 0 Å². The van der Waals surface area contributed by atoms with Gasteiger partial charge in [-0.25, -0.2) is 9.68 Å². The van der Waals surface area contributed by atoms with E-state index in [0.717, 1.165) is 64.5 Å². The number of carbonyl (C=O) groups is 6. The van der Waals surface area contributed by atoms with Gasteiger partial charge in [-0.2, -0.15) is 0 Å². The summed E-state index contributed by atoms with van der Waals surface area (Å²) in [7, 11) is -5.02. The van der Waals surface area contributed by atoms with Crippen molar-refractivity contribution in [3.63, 3.8) is 0 Å². The first-order valence-corrected chi connectivity index (χ1v) is 36.3. The van der Waals surface area contributed by atoms with E-state index in [-0.39, 0.29) is 32.2 Å². The molecular formula is C53H96N3O58P-2. The van der Waals surface area contributed by atoms with E-state index in [9.17, 15) is 43.3 Å². The zero-order chi connectivity index (χ0) is 83.6. The standard InChI is InChI=1S/C53H98N3O58P/c1-4-6-8-10-12-14-16-18-20-22-24-26-28-30-32-34-50(59)67-44-47(72-51(60)35-33-31-29-27-25-23-21-19-17-15-13-11-9-7-5-2)45-71-115(64,65)70-41-39-55-53(63)66-42-43-69-74-76-78-80-82-84-86-88-90-92-94-96-98-100-102-104-106-108-110-112-114-113-111-109-107-105-103-101-99-97-95-93-91-89-87-85-83-81-79-77-75-73-68-40-38-54-49(58)37-36-48(52(61)62)56-46(3)57/h38,40,47-48H,4-37,39,41-45H2,1-3H3,(H,54,58)(H,55,63)(H,56,57)(H,61,62)(H,64,65)/p-2/b40-38-/t47?,48-/m0/s1. The number of carboxylic acids is 1. The van der Waals surface area contributed by atoms with Gasteiger partial charge in [-0.05, 0) is 59.6 Å². The van der Waals surface area contributed by atoms with Crippen molar-refractivity contribution in [1.82, 2.24) is 16.0 Å². The summed E-state index contributed by atoms with van der Waals surface area (Å²) < 4.78 is 38.0. The number of hydrogen-bond acceptors (Lipinski definition) is 58. The zero-order valence-corrected chi connectivity index (χ0v) is 63.1. The molecule has 0 aromatic carbocycles. The summed E-state index contributed by atoms with van der Waals surface area (Å²) in [5, 5.41) is 169. The molecule has 0 saturated carbocycles. The number of unbranched alkanes of at least 4 members (excludes halogenated alkanes) is 28. The van der Waals surface area contributed by atoms with Crippen molar-refractivity contribution in [3.8, 4) is 0 Å². The Bertz CT molecular complexity index is 2260. The van der Waals surface area contributed by atoms with E-state index in [1.54, 1.807) is 0 Å². The van der Waals surface area contributed by atoms with Crippen molar-refractivity contribution < 1.29 is 288 Å². The Morgan fingerprint density at radius 2 is 0.687 bits per heavy atom. The van der Waals surface area contributed by atoms with Crippen LogP contribution < -0.4 is 26.0 Å². The largest absolute Gasteiger partial charge is 0.756 e. The molecule has 62 heteroatoms. The highest BCUT2D eigenvalue weighted by atomic mass is 31.2. The van der Waals surface area contributed by atoms with Gasteiger partial charge in [0.25, 0.3) is 7.82 Å². The van der Waals surface area contributed by atoms with Gasteiger partial charge in [-0.1, -0.05) is 194 Å². The van der Waals surface area contributed by atoms with Gasteiger partial charge in [0, 0.05) is 210 Å². The molecule has 678 valence electrons. The Labute approximate surface area is 649 Å². The third-order valence-electron chi connectivity index (χ3n) is 13.1. The van der Waals surface area contributed by atoms with Gasteiger partial charge in [0.2, 0.25) is 11.8 Å². The van der Waals surface area contributed by atoms with E-state index in [0.29, 0.717) is 19.1 Å². The smallest absolute Gasteiger partial charge is 0.407 e. The molecule has 3 atom stereocenters. The summed E-state index contributed by atoms with van der Waals surface area (Å²) in [4.78, 5) is 92.2. The van der Waals surface area contributed by atoms with Gasteiger partial charge in [0.05, 0.1) is 25.2 Å². The number of esters is 2. The van der Waals surface area contributed by atoms with Gasteiger partial charge < -0.3 is 58.9 Å². The van der Waals surface area contributed by atoms with Gasteiger partial charge in [-0.3, -0.25) is 23.7 Å². The van der Waals surface area contributed by atoms with Crippen molar-refractivity contribution in [3.05, 3.63) is 12.5 Å². The van der Waals surface area contributed by atoms with Crippen LogP contribution in [0.2, 0.25) is 0 Å². The molecule has 0 fully saturated rings. The van der Waals surface area contributed by atoms with Crippen molar-refractivity contribution in [2.75, 3.05) is 39.6 Å². The molecule has 0 bridgehead atoms. The summed E-state index contributed by atoms with van der Waals surface area (Å²) in [5.41, 5.74) is 0. The maximum Gasteiger partial charge on any atom is 0.407 e. The predicted molar refractivity (Wildman–Crippen MR) is 321 cm³/mol. The van der Waals surface area contributed by atoms with Crippen molar-refractivity contribution in [2.24, 2.45) is 0 Å². The van der Waals surface area contributed by atoms with E-state index in [1.807, 2.05) is 0 Å². The number of aliphatic carboxylic acids is 1. The van der Waals surface area contributed by atoms with Crippen molar-refractivity contribution >= 4 is 43.6 Å².